The summed E-state index contributed by atoms with van der Waals surface area (Å²) in [6, 6.07) is 1.25. The predicted octanol–water partition coefficient (Wildman–Crippen LogP) is 1.94. The average molecular weight is 171 g/mol. The first-order chi connectivity index (χ1) is 5.58. The third-order valence-electron chi connectivity index (χ3n) is 2.27. The fraction of sp³-hybridized carbons (Fsp3) is 1.00. The molecule has 1 rings (SSSR count). The molecule has 0 saturated carbocycles. The van der Waals surface area contributed by atoms with Crippen LogP contribution in [0.25, 0.3) is 0 Å². The van der Waals surface area contributed by atoms with Gasteiger partial charge in [-0.3, -0.25) is 0 Å². The van der Waals surface area contributed by atoms with Crippen molar-refractivity contribution in [3.63, 3.8) is 0 Å². The molecule has 0 aromatic rings. The Hall–Kier alpha value is -0.0800. The van der Waals surface area contributed by atoms with Crippen molar-refractivity contribution in [2.45, 2.75) is 64.8 Å². The molecule has 0 spiro atoms. The van der Waals surface area contributed by atoms with Crippen LogP contribution in [0.15, 0.2) is 0 Å². The van der Waals surface area contributed by atoms with Crippen LogP contribution in [0, 0.1) is 0 Å². The van der Waals surface area contributed by atoms with Crippen LogP contribution in [0.2, 0.25) is 0 Å². The first-order valence-electron chi connectivity index (χ1n) is 4.99. The van der Waals surface area contributed by atoms with Crippen molar-refractivity contribution < 1.29 is 4.74 Å². The molecule has 0 bridgehead atoms. The minimum absolute atomic E-state index is 0.421. The molecule has 2 heteroatoms. The highest BCUT2D eigenvalue weighted by Gasteiger charge is 2.24. The standard InChI is InChI=1S/C10H21NO/c1-7(2)11-10-5-8(3)12-9(4)6-10/h7-11H,5-6H2,1-4H3. The van der Waals surface area contributed by atoms with Crippen LogP contribution in [-0.2, 0) is 4.74 Å². The summed E-state index contributed by atoms with van der Waals surface area (Å²) in [6.45, 7) is 8.71. The van der Waals surface area contributed by atoms with Crippen LogP contribution in [0.1, 0.15) is 40.5 Å². The highest BCUT2D eigenvalue weighted by atomic mass is 16.5. The largest absolute Gasteiger partial charge is 0.375 e. The molecule has 1 aliphatic heterocycles. The van der Waals surface area contributed by atoms with Gasteiger partial charge in [-0.25, -0.2) is 0 Å². The van der Waals surface area contributed by atoms with Crippen LogP contribution < -0.4 is 5.32 Å². The molecule has 0 amide bonds. The molecule has 0 aliphatic carbocycles. The third kappa shape index (κ3) is 3.11. The zero-order chi connectivity index (χ0) is 9.14. The van der Waals surface area contributed by atoms with E-state index in [1.165, 1.54) is 0 Å². The summed E-state index contributed by atoms with van der Waals surface area (Å²) in [5.74, 6) is 0. The van der Waals surface area contributed by atoms with Crippen LogP contribution >= 0.6 is 0 Å². The van der Waals surface area contributed by atoms with Gasteiger partial charge in [0, 0.05) is 12.1 Å². The Morgan fingerprint density at radius 1 is 1.17 bits per heavy atom. The SMILES string of the molecule is CC(C)NC1CC(C)OC(C)C1. The lowest BCUT2D eigenvalue weighted by atomic mass is 9.99. The molecule has 12 heavy (non-hydrogen) atoms. The number of ether oxygens (including phenoxy) is 1. The van der Waals surface area contributed by atoms with Gasteiger partial charge in [-0.1, -0.05) is 13.8 Å². The summed E-state index contributed by atoms with van der Waals surface area (Å²) in [4.78, 5) is 0. The Morgan fingerprint density at radius 3 is 2.08 bits per heavy atom. The van der Waals surface area contributed by atoms with E-state index in [2.05, 4.69) is 33.0 Å². The summed E-state index contributed by atoms with van der Waals surface area (Å²) >= 11 is 0. The molecule has 1 saturated heterocycles. The monoisotopic (exact) mass is 171 g/mol. The van der Waals surface area contributed by atoms with E-state index in [0.717, 1.165) is 12.8 Å². The maximum absolute atomic E-state index is 5.66. The lowest BCUT2D eigenvalue weighted by molar-refractivity contribution is -0.0430. The highest BCUT2D eigenvalue weighted by molar-refractivity contribution is 4.79. The molecule has 72 valence electrons. The quantitative estimate of drug-likeness (QED) is 0.685. The summed E-state index contributed by atoms with van der Waals surface area (Å²) in [7, 11) is 0. The van der Waals surface area contributed by atoms with Crippen molar-refractivity contribution in [1.29, 1.82) is 0 Å². The Morgan fingerprint density at radius 2 is 1.67 bits per heavy atom. The minimum Gasteiger partial charge on any atom is -0.375 e. The molecule has 1 heterocycles. The van der Waals surface area contributed by atoms with Gasteiger partial charge in [-0.15, -0.1) is 0 Å². The van der Waals surface area contributed by atoms with Crippen molar-refractivity contribution in [3.8, 4) is 0 Å². The van der Waals surface area contributed by atoms with Crippen molar-refractivity contribution >= 4 is 0 Å². The second-order valence-corrected chi connectivity index (χ2v) is 4.25. The Bertz CT molecular complexity index is 123. The van der Waals surface area contributed by atoms with E-state index in [9.17, 15) is 0 Å². The van der Waals surface area contributed by atoms with E-state index < -0.39 is 0 Å². The summed E-state index contributed by atoms with van der Waals surface area (Å²) in [6.07, 6.45) is 3.15. The molecular weight excluding hydrogens is 150 g/mol. The fourth-order valence-corrected chi connectivity index (χ4v) is 2.01. The van der Waals surface area contributed by atoms with Crippen LogP contribution in [0.4, 0.5) is 0 Å². The van der Waals surface area contributed by atoms with E-state index in [4.69, 9.17) is 4.74 Å². The first kappa shape index (κ1) is 10.0. The van der Waals surface area contributed by atoms with Crippen LogP contribution in [-0.4, -0.2) is 24.3 Å². The van der Waals surface area contributed by atoms with Gasteiger partial charge in [-0.2, -0.15) is 0 Å². The molecule has 1 N–H and O–H groups in total. The number of hydrogen-bond donors (Lipinski definition) is 1. The lowest BCUT2D eigenvalue weighted by Crippen LogP contribution is -2.43. The van der Waals surface area contributed by atoms with E-state index in [1.54, 1.807) is 0 Å². The molecular formula is C10H21NO. The van der Waals surface area contributed by atoms with Gasteiger partial charge in [0.2, 0.25) is 0 Å². The number of rotatable bonds is 2. The molecule has 2 atom stereocenters. The maximum atomic E-state index is 5.66. The molecule has 0 radical (unpaired) electrons. The molecule has 0 aromatic carbocycles. The maximum Gasteiger partial charge on any atom is 0.0565 e. The highest BCUT2D eigenvalue weighted by Crippen LogP contribution is 2.19. The predicted molar refractivity (Wildman–Crippen MR) is 51.3 cm³/mol. The van der Waals surface area contributed by atoms with E-state index >= 15 is 0 Å². The van der Waals surface area contributed by atoms with Gasteiger partial charge < -0.3 is 10.1 Å². The summed E-state index contributed by atoms with van der Waals surface area (Å²) in [5.41, 5.74) is 0. The van der Waals surface area contributed by atoms with Gasteiger partial charge in [0.05, 0.1) is 12.2 Å². The molecule has 1 fully saturated rings. The van der Waals surface area contributed by atoms with Crippen molar-refractivity contribution in [1.82, 2.24) is 5.32 Å². The topological polar surface area (TPSA) is 21.3 Å². The van der Waals surface area contributed by atoms with Gasteiger partial charge in [0.15, 0.2) is 0 Å². The van der Waals surface area contributed by atoms with Gasteiger partial charge >= 0.3 is 0 Å². The van der Waals surface area contributed by atoms with Gasteiger partial charge in [0.25, 0.3) is 0 Å². The Labute approximate surface area is 75.7 Å². The average Bonchev–Trinajstić information content (AvgIpc) is 1.81. The van der Waals surface area contributed by atoms with Crippen molar-refractivity contribution in [2.24, 2.45) is 0 Å². The lowest BCUT2D eigenvalue weighted by Gasteiger charge is -2.33. The van der Waals surface area contributed by atoms with E-state index in [-0.39, 0.29) is 0 Å². The summed E-state index contributed by atoms with van der Waals surface area (Å²) < 4.78 is 5.66. The molecule has 2 unspecified atom stereocenters. The number of nitrogens with one attached hydrogen (secondary N) is 1. The molecule has 2 nitrogen and oxygen atoms in total. The zero-order valence-electron chi connectivity index (χ0n) is 8.63. The second-order valence-electron chi connectivity index (χ2n) is 4.25. The van der Waals surface area contributed by atoms with Crippen LogP contribution in [0.5, 0.6) is 0 Å². The van der Waals surface area contributed by atoms with E-state index in [0.29, 0.717) is 24.3 Å². The summed E-state index contributed by atoms with van der Waals surface area (Å²) in [5, 5.41) is 3.56. The number of hydrogen-bond acceptors (Lipinski definition) is 2. The fourth-order valence-electron chi connectivity index (χ4n) is 2.01. The van der Waals surface area contributed by atoms with Crippen molar-refractivity contribution in [2.75, 3.05) is 0 Å². The van der Waals surface area contributed by atoms with Gasteiger partial charge in [0.1, 0.15) is 0 Å². The normalized spacial score (nSPS) is 37.2. The molecule has 0 aromatic heterocycles. The second kappa shape index (κ2) is 4.24. The Kier molecular flexibility index (Phi) is 3.53. The van der Waals surface area contributed by atoms with Gasteiger partial charge in [-0.05, 0) is 26.7 Å². The van der Waals surface area contributed by atoms with Crippen molar-refractivity contribution in [3.05, 3.63) is 0 Å². The first-order valence-corrected chi connectivity index (χ1v) is 4.99. The Balaban J connectivity index is 2.34. The smallest absolute Gasteiger partial charge is 0.0565 e. The minimum atomic E-state index is 0.421. The molecule has 1 aliphatic rings. The van der Waals surface area contributed by atoms with E-state index in [1.807, 2.05) is 0 Å². The van der Waals surface area contributed by atoms with Crippen LogP contribution in [0.3, 0.4) is 0 Å². The zero-order valence-corrected chi connectivity index (χ0v) is 8.63. The third-order valence-corrected chi connectivity index (χ3v) is 2.27.